The molecule has 0 unspecified atom stereocenters. The second-order valence-corrected chi connectivity index (χ2v) is 4.86. The van der Waals surface area contributed by atoms with Gasteiger partial charge in [0.1, 0.15) is 5.82 Å². The van der Waals surface area contributed by atoms with Crippen LogP contribution in [-0.2, 0) is 6.61 Å². The molecule has 1 aromatic heterocycles. The van der Waals surface area contributed by atoms with Gasteiger partial charge in [0, 0.05) is 23.5 Å². The average Bonchev–Trinajstić information content (AvgIpc) is 2.43. The zero-order chi connectivity index (χ0) is 13.8. The van der Waals surface area contributed by atoms with E-state index in [1.54, 1.807) is 0 Å². The van der Waals surface area contributed by atoms with E-state index in [9.17, 15) is 5.11 Å². The second kappa shape index (κ2) is 5.85. The number of pyridine rings is 1. The predicted octanol–water partition coefficient (Wildman–Crippen LogP) is 3.13. The van der Waals surface area contributed by atoms with Gasteiger partial charge in [0.15, 0.2) is 0 Å². The lowest BCUT2D eigenvalue weighted by atomic mass is 10.1. The molecule has 2 rings (SSSR count). The molecule has 3 heteroatoms. The van der Waals surface area contributed by atoms with E-state index < -0.39 is 0 Å². The number of aromatic nitrogens is 1. The quantitative estimate of drug-likeness (QED) is 0.835. The monoisotopic (exact) mass is 256 g/mol. The predicted molar refractivity (Wildman–Crippen MR) is 80.3 cm³/mol. The molecule has 0 radical (unpaired) electrons. The van der Waals surface area contributed by atoms with Gasteiger partial charge in [0.25, 0.3) is 0 Å². The summed E-state index contributed by atoms with van der Waals surface area (Å²) in [7, 11) is 0. The van der Waals surface area contributed by atoms with Gasteiger partial charge in [-0.15, -0.1) is 6.58 Å². The van der Waals surface area contributed by atoms with Gasteiger partial charge >= 0.3 is 0 Å². The molecule has 2 aromatic rings. The molecular formula is C16H20N2O. The van der Waals surface area contributed by atoms with E-state index in [-0.39, 0.29) is 6.61 Å². The lowest BCUT2D eigenvalue weighted by molar-refractivity contribution is 0.281. The standard InChI is InChI=1S/C16H20N2O/c1-4-9-18(12(2)3)16-14(11-19)10-13-7-5-6-8-15(13)17-16/h4-8,10,12,19H,1,9,11H2,2-3H3. The Labute approximate surface area is 114 Å². The van der Waals surface area contributed by atoms with Crippen molar-refractivity contribution >= 4 is 16.7 Å². The molecule has 0 fully saturated rings. The smallest absolute Gasteiger partial charge is 0.135 e. The molecule has 19 heavy (non-hydrogen) atoms. The number of aliphatic hydroxyl groups excluding tert-OH is 1. The number of benzene rings is 1. The summed E-state index contributed by atoms with van der Waals surface area (Å²) in [5, 5.41) is 10.6. The van der Waals surface area contributed by atoms with E-state index in [1.807, 2.05) is 36.4 Å². The molecule has 0 aliphatic carbocycles. The Kier molecular flexibility index (Phi) is 4.17. The van der Waals surface area contributed by atoms with Crippen LogP contribution in [0.5, 0.6) is 0 Å². The highest BCUT2D eigenvalue weighted by molar-refractivity contribution is 5.81. The van der Waals surface area contributed by atoms with Crippen LogP contribution in [0.25, 0.3) is 10.9 Å². The summed E-state index contributed by atoms with van der Waals surface area (Å²) in [4.78, 5) is 6.85. The number of fused-ring (bicyclic) bond motifs is 1. The van der Waals surface area contributed by atoms with Crippen LogP contribution < -0.4 is 4.90 Å². The highest BCUT2D eigenvalue weighted by Crippen LogP contribution is 2.25. The third-order valence-corrected chi connectivity index (χ3v) is 3.17. The fraction of sp³-hybridized carbons (Fsp3) is 0.312. The minimum atomic E-state index is -0.00642. The van der Waals surface area contributed by atoms with E-state index in [2.05, 4.69) is 25.3 Å². The number of rotatable bonds is 5. The SMILES string of the molecule is C=CCN(c1nc2ccccc2cc1CO)C(C)C. The zero-order valence-corrected chi connectivity index (χ0v) is 11.5. The van der Waals surface area contributed by atoms with Crippen molar-refractivity contribution in [1.29, 1.82) is 0 Å². The van der Waals surface area contributed by atoms with Crippen LogP contribution in [0.3, 0.4) is 0 Å². The first-order chi connectivity index (χ1) is 9.17. The summed E-state index contributed by atoms with van der Waals surface area (Å²) in [6.45, 7) is 8.73. The van der Waals surface area contributed by atoms with Crippen molar-refractivity contribution in [2.75, 3.05) is 11.4 Å². The lowest BCUT2D eigenvalue weighted by Crippen LogP contribution is -2.32. The maximum absolute atomic E-state index is 9.58. The number of hydrogen-bond acceptors (Lipinski definition) is 3. The van der Waals surface area contributed by atoms with E-state index in [4.69, 9.17) is 4.98 Å². The molecule has 0 amide bonds. The van der Waals surface area contributed by atoms with E-state index in [0.29, 0.717) is 6.04 Å². The zero-order valence-electron chi connectivity index (χ0n) is 11.5. The minimum absolute atomic E-state index is 0.00642. The first-order valence-corrected chi connectivity index (χ1v) is 6.54. The maximum atomic E-state index is 9.58. The topological polar surface area (TPSA) is 36.4 Å². The molecule has 0 saturated carbocycles. The molecule has 0 atom stereocenters. The van der Waals surface area contributed by atoms with Gasteiger partial charge < -0.3 is 10.0 Å². The Morgan fingerprint density at radius 1 is 1.37 bits per heavy atom. The van der Waals surface area contributed by atoms with Crippen molar-refractivity contribution in [2.45, 2.75) is 26.5 Å². The number of aliphatic hydroxyl groups is 1. The average molecular weight is 256 g/mol. The molecule has 100 valence electrons. The molecule has 3 nitrogen and oxygen atoms in total. The third-order valence-electron chi connectivity index (χ3n) is 3.17. The summed E-state index contributed by atoms with van der Waals surface area (Å²) in [5.41, 5.74) is 1.80. The van der Waals surface area contributed by atoms with E-state index in [1.165, 1.54) is 0 Å². The molecule has 0 saturated heterocycles. The molecular weight excluding hydrogens is 236 g/mol. The van der Waals surface area contributed by atoms with Crippen LogP contribution in [0.1, 0.15) is 19.4 Å². The molecule has 0 aliphatic rings. The molecule has 0 spiro atoms. The number of anilines is 1. The minimum Gasteiger partial charge on any atom is -0.392 e. The van der Waals surface area contributed by atoms with Gasteiger partial charge in [-0.05, 0) is 26.0 Å². The molecule has 0 aliphatic heterocycles. The Hall–Kier alpha value is -1.87. The van der Waals surface area contributed by atoms with Crippen LogP contribution in [0.15, 0.2) is 43.0 Å². The Bertz CT molecular complexity index is 578. The molecule has 1 heterocycles. The molecule has 1 N–H and O–H groups in total. The first kappa shape index (κ1) is 13.6. The Balaban J connectivity index is 2.58. The number of para-hydroxylation sites is 1. The van der Waals surface area contributed by atoms with Crippen molar-refractivity contribution in [3.8, 4) is 0 Å². The fourth-order valence-electron chi connectivity index (χ4n) is 2.20. The first-order valence-electron chi connectivity index (χ1n) is 6.54. The highest BCUT2D eigenvalue weighted by Gasteiger charge is 2.15. The van der Waals surface area contributed by atoms with Gasteiger partial charge in [-0.25, -0.2) is 4.98 Å². The van der Waals surface area contributed by atoms with Gasteiger partial charge in [-0.3, -0.25) is 0 Å². The van der Waals surface area contributed by atoms with Gasteiger partial charge in [0.05, 0.1) is 12.1 Å². The second-order valence-electron chi connectivity index (χ2n) is 4.86. The van der Waals surface area contributed by atoms with Gasteiger partial charge in [0.2, 0.25) is 0 Å². The normalized spacial score (nSPS) is 10.9. The lowest BCUT2D eigenvalue weighted by Gasteiger charge is -2.28. The van der Waals surface area contributed by atoms with Crippen LogP contribution in [0.4, 0.5) is 5.82 Å². The van der Waals surface area contributed by atoms with Crippen molar-refractivity contribution < 1.29 is 5.11 Å². The highest BCUT2D eigenvalue weighted by atomic mass is 16.3. The van der Waals surface area contributed by atoms with Gasteiger partial charge in [-0.1, -0.05) is 24.3 Å². The third kappa shape index (κ3) is 2.76. The summed E-state index contributed by atoms with van der Waals surface area (Å²) in [5.74, 6) is 0.844. The van der Waals surface area contributed by atoms with Crippen LogP contribution >= 0.6 is 0 Å². The van der Waals surface area contributed by atoms with Crippen molar-refractivity contribution in [1.82, 2.24) is 4.98 Å². The van der Waals surface area contributed by atoms with Gasteiger partial charge in [-0.2, -0.15) is 0 Å². The van der Waals surface area contributed by atoms with Crippen molar-refractivity contribution in [3.05, 3.63) is 48.6 Å². The summed E-state index contributed by atoms with van der Waals surface area (Å²) in [6, 6.07) is 10.3. The fourth-order valence-corrected chi connectivity index (χ4v) is 2.20. The maximum Gasteiger partial charge on any atom is 0.135 e. The summed E-state index contributed by atoms with van der Waals surface area (Å²) >= 11 is 0. The number of nitrogens with zero attached hydrogens (tertiary/aromatic N) is 2. The molecule has 0 bridgehead atoms. The summed E-state index contributed by atoms with van der Waals surface area (Å²) < 4.78 is 0. The molecule has 1 aromatic carbocycles. The van der Waals surface area contributed by atoms with Crippen LogP contribution in [-0.4, -0.2) is 22.7 Å². The van der Waals surface area contributed by atoms with E-state index >= 15 is 0 Å². The number of hydrogen-bond donors (Lipinski definition) is 1. The van der Waals surface area contributed by atoms with Crippen LogP contribution in [0, 0.1) is 0 Å². The van der Waals surface area contributed by atoms with E-state index in [0.717, 1.165) is 28.8 Å². The van der Waals surface area contributed by atoms with Crippen LogP contribution in [0.2, 0.25) is 0 Å². The largest absolute Gasteiger partial charge is 0.392 e. The summed E-state index contributed by atoms with van der Waals surface area (Å²) in [6.07, 6.45) is 1.86. The Morgan fingerprint density at radius 3 is 2.74 bits per heavy atom. The Morgan fingerprint density at radius 2 is 2.11 bits per heavy atom. The van der Waals surface area contributed by atoms with Crippen molar-refractivity contribution in [2.24, 2.45) is 0 Å². The van der Waals surface area contributed by atoms with Crippen molar-refractivity contribution in [3.63, 3.8) is 0 Å².